The Labute approximate surface area is 116 Å². The number of nitrogens with one attached hydrogen (secondary N) is 1. The Morgan fingerprint density at radius 1 is 1.37 bits per heavy atom. The highest BCUT2D eigenvalue weighted by Crippen LogP contribution is 2.37. The summed E-state index contributed by atoms with van der Waals surface area (Å²) in [5, 5.41) is 12.4. The van der Waals surface area contributed by atoms with E-state index in [1.807, 2.05) is 0 Å². The summed E-state index contributed by atoms with van der Waals surface area (Å²) in [7, 11) is 0. The quantitative estimate of drug-likeness (QED) is 0.886. The van der Waals surface area contributed by atoms with Crippen molar-refractivity contribution < 1.29 is 14.7 Å². The number of nitrogens with zero attached hydrogens (tertiary/aromatic N) is 1. The molecular weight excluding hydrogens is 268 g/mol. The number of aromatic nitrogens is 1. The van der Waals surface area contributed by atoms with Crippen LogP contribution in [-0.2, 0) is 4.79 Å². The largest absolute Gasteiger partial charge is 0.481 e. The minimum atomic E-state index is -0.839. The third-order valence-corrected chi connectivity index (χ3v) is 3.79. The number of amides is 1. The predicted molar refractivity (Wildman–Crippen MR) is 70.1 cm³/mol. The SMILES string of the molecule is O=C(NCC1(C(=O)O)CCCC1)c1ccc(Cl)cn1. The molecule has 0 atom stereocenters. The Morgan fingerprint density at radius 2 is 2.05 bits per heavy atom. The third kappa shape index (κ3) is 3.04. The topological polar surface area (TPSA) is 79.3 Å². The molecule has 0 aromatic carbocycles. The zero-order valence-electron chi connectivity index (χ0n) is 10.4. The van der Waals surface area contributed by atoms with Crippen molar-refractivity contribution in [2.24, 2.45) is 5.41 Å². The van der Waals surface area contributed by atoms with Crippen LogP contribution in [0.15, 0.2) is 18.3 Å². The van der Waals surface area contributed by atoms with Gasteiger partial charge >= 0.3 is 5.97 Å². The molecule has 1 saturated carbocycles. The molecule has 0 spiro atoms. The van der Waals surface area contributed by atoms with Crippen LogP contribution in [0.5, 0.6) is 0 Å². The van der Waals surface area contributed by atoms with E-state index in [1.54, 1.807) is 6.07 Å². The summed E-state index contributed by atoms with van der Waals surface area (Å²) >= 11 is 5.69. The molecule has 0 radical (unpaired) electrons. The number of halogens is 1. The molecule has 1 heterocycles. The number of hydrogen-bond donors (Lipinski definition) is 2. The number of aliphatic carboxylic acids is 1. The van der Waals surface area contributed by atoms with Crippen LogP contribution in [0, 0.1) is 5.41 Å². The molecule has 1 aliphatic rings. The molecule has 2 rings (SSSR count). The van der Waals surface area contributed by atoms with Crippen molar-refractivity contribution in [3.8, 4) is 0 Å². The van der Waals surface area contributed by atoms with Gasteiger partial charge in [-0.05, 0) is 25.0 Å². The van der Waals surface area contributed by atoms with Gasteiger partial charge in [0.15, 0.2) is 0 Å². The number of carbonyl (C=O) groups excluding carboxylic acids is 1. The first kappa shape index (κ1) is 13.8. The maximum atomic E-state index is 11.9. The highest BCUT2D eigenvalue weighted by molar-refractivity contribution is 6.30. The van der Waals surface area contributed by atoms with Gasteiger partial charge in [0.05, 0.1) is 10.4 Å². The Balaban J connectivity index is 1.99. The minimum Gasteiger partial charge on any atom is -0.481 e. The van der Waals surface area contributed by atoms with Crippen molar-refractivity contribution in [3.05, 3.63) is 29.0 Å². The average molecular weight is 283 g/mol. The molecule has 19 heavy (non-hydrogen) atoms. The van der Waals surface area contributed by atoms with Gasteiger partial charge < -0.3 is 10.4 Å². The fourth-order valence-corrected chi connectivity index (χ4v) is 2.48. The minimum absolute atomic E-state index is 0.144. The van der Waals surface area contributed by atoms with E-state index in [0.29, 0.717) is 17.9 Å². The highest BCUT2D eigenvalue weighted by Gasteiger charge is 2.41. The van der Waals surface area contributed by atoms with Crippen LogP contribution >= 0.6 is 11.6 Å². The third-order valence-electron chi connectivity index (χ3n) is 3.56. The lowest BCUT2D eigenvalue weighted by Gasteiger charge is -2.23. The summed E-state index contributed by atoms with van der Waals surface area (Å²) in [4.78, 5) is 27.1. The fraction of sp³-hybridized carbons (Fsp3) is 0.462. The summed E-state index contributed by atoms with van der Waals surface area (Å²) in [6, 6.07) is 3.09. The number of hydrogen-bond acceptors (Lipinski definition) is 3. The van der Waals surface area contributed by atoms with Crippen LogP contribution in [0.3, 0.4) is 0 Å². The second-order valence-electron chi connectivity index (χ2n) is 4.84. The Hall–Kier alpha value is -1.62. The molecule has 1 amide bonds. The molecular formula is C13H15ClN2O3. The standard InChI is InChI=1S/C13H15ClN2O3/c14-9-3-4-10(15-7-9)11(17)16-8-13(12(18)19)5-1-2-6-13/h3-4,7H,1-2,5-6,8H2,(H,16,17)(H,18,19). The number of rotatable bonds is 4. The lowest BCUT2D eigenvalue weighted by Crippen LogP contribution is -2.41. The van der Waals surface area contributed by atoms with E-state index in [-0.39, 0.29) is 18.1 Å². The van der Waals surface area contributed by atoms with Crippen molar-refractivity contribution in [2.45, 2.75) is 25.7 Å². The normalized spacial score (nSPS) is 17.1. The lowest BCUT2D eigenvalue weighted by atomic mass is 9.86. The molecule has 0 saturated heterocycles. The molecule has 2 N–H and O–H groups in total. The summed E-state index contributed by atoms with van der Waals surface area (Å²) in [6.45, 7) is 0.144. The van der Waals surface area contributed by atoms with Crippen molar-refractivity contribution in [2.75, 3.05) is 6.54 Å². The van der Waals surface area contributed by atoms with Gasteiger partial charge in [-0.25, -0.2) is 4.98 Å². The molecule has 0 unspecified atom stereocenters. The Kier molecular flexibility index (Phi) is 4.04. The monoisotopic (exact) mass is 282 g/mol. The fourth-order valence-electron chi connectivity index (χ4n) is 2.37. The highest BCUT2D eigenvalue weighted by atomic mass is 35.5. The van der Waals surface area contributed by atoms with Gasteiger partial charge in [-0.1, -0.05) is 24.4 Å². The first-order valence-corrected chi connectivity index (χ1v) is 6.54. The van der Waals surface area contributed by atoms with E-state index in [0.717, 1.165) is 12.8 Å². The molecule has 1 fully saturated rings. The Bertz CT molecular complexity index is 481. The van der Waals surface area contributed by atoms with Gasteiger partial charge in [0.25, 0.3) is 5.91 Å². The van der Waals surface area contributed by atoms with Gasteiger partial charge in [-0.2, -0.15) is 0 Å². The number of pyridine rings is 1. The Morgan fingerprint density at radius 3 is 2.58 bits per heavy atom. The smallest absolute Gasteiger partial charge is 0.311 e. The van der Waals surface area contributed by atoms with Crippen LogP contribution in [0.25, 0.3) is 0 Å². The number of carboxylic acid groups (broad SMARTS) is 1. The summed E-state index contributed by atoms with van der Waals surface area (Å²) in [5.74, 6) is -1.21. The van der Waals surface area contributed by atoms with E-state index in [4.69, 9.17) is 11.6 Å². The summed E-state index contributed by atoms with van der Waals surface area (Å²) in [6.07, 6.45) is 4.38. The van der Waals surface area contributed by atoms with Crippen molar-refractivity contribution in [3.63, 3.8) is 0 Å². The van der Waals surface area contributed by atoms with Crippen LogP contribution in [0.1, 0.15) is 36.2 Å². The summed E-state index contributed by atoms with van der Waals surface area (Å²) < 4.78 is 0. The number of carbonyl (C=O) groups is 2. The van der Waals surface area contributed by atoms with E-state index >= 15 is 0 Å². The van der Waals surface area contributed by atoms with E-state index in [2.05, 4.69) is 10.3 Å². The van der Waals surface area contributed by atoms with Crippen LogP contribution in [0.2, 0.25) is 5.02 Å². The zero-order valence-corrected chi connectivity index (χ0v) is 11.1. The second kappa shape index (κ2) is 5.57. The lowest BCUT2D eigenvalue weighted by molar-refractivity contribution is -0.148. The van der Waals surface area contributed by atoms with E-state index < -0.39 is 11.4 Å². The zero-order chi connectivity index (χ0) is 13.9. The second-order valence-corrected chi connectivity index (χ2v) is 5.27. The first-order valence-electron chi connectivity index (χ1n) is 6.17. The molecule has 1 aromatic heterocycles. The van der Waals surface area contributed by atoms with Crippen molar-refractivity contribution in [1.29, 1.82) is 0 Å². The van der Waals surface area contributed by atoms with Crippen molar-refractivity contribution >= 4 is 23.5 Å². The van der Waals surface area contributed by atoms with Gasteiger partial charge in [0.2, 0.25) is 0 Å². The van der Waals surface area contributed by atoms with Crippen molar-refractivity contribution in [1.82, 2.24) is 10.3 Å². The molecule has 102 valence electrons. The van der Waals surface area contributed by atoms with Gasteiger partial charge in [-0.15, -0.1) is 0 Å². The molecule has 1 aliphatic carbocycles. The van der Waals surface area contributed by atoms with Gasteiger partial charge in [0, 0.05) is 12.7 Å². The first-order chi connectivity index (χ1) is 9.03. The predicted octanol–water partition coefficient (Wildman–Crippen LogP) is 2.11. The molecule has 5 nitrogen and oxygen atoms in total. The molecule has 1 aromatic rings. The van der Waals surface area contributed by atoms with Gasteiger partial charge in [0.1, 0.15) is 5.69 Å². The van der Waals surface area contributed by atoms with Crippen LogP contribution in [-0.4, -0.2) is 28.5 Å². The molecule has 0 aliphatic heterocycles. The molecule has 0 bridgehead atoms. The number of carboxylic acids is 1. The maximum Gasteiger partial charge on any atom is 0.311 e. The van der Waals surface area contributed by atoms with Crippen LogP contribution in [0.4, 0.5) is 0 Å². The van der Waals surface area contributed by atoms with E-state index in [1.165, 1.54) is 12.3 Å². The maximum absolute atomic E-state index is 11.9. The van der Waals surface area contributed by atoms with Crippen LogP contribution < -0.4 is 5.32 Å². The van der Waals surface area contributed by atoms with Gasteiger partial charge in [-0.3, -0.25) is 9.59 Å². The average Bonchev–Trinajstić information content (AvgIpc) is 2.87. The van der Waals surface area contributed by atoms with E-state index in [9.17, 15) is 14.7 Å². The summed E-state index contributed by atoms with van der Waals surface area (Å²) in [5.41, 5.74) is -0.579. The molecule has 6 heteroatoms.